The molecular weight excluding hydrogens is 444 g/mol. The molecule has 1 aromatic carbocycles. The Kier molecular flexibility index (Phi) is 8.05. The standard InChI is InChI=1S/C23H22F4N2O4/c1-14(30)10-16-2-4-19(28-13-16)18(11-15-6-8-29(31)9-7-15)17-3-5-20(32-22(24)25)21(12-17)33-23(26)27/h2-9,12-14,18,22-23,30H,10-11H2,1H3. The van der Waals surface area contributed by atoms with E-state index in [-0.39, 0.29) is 0 Å². The summed E-state index contributed by atoms with van der Waals surface area (Å²) in [5.74, 6) is -1.52. The third-order valence-corrected chi connectivity index (χ3v) is 4.85. The van der Waals surface area contributed by atoms with E-state index < -0.39 is 36.7 Å². The zero-order valence-corrected chi connectivity index (χ0v) is 17.6. The SMILES string of the molecule is CC(O)Cc1ccc(C(Cc2cc[n+]([O-])cc2)c2ccc(OC(F)F)c(OC(F)F)c2)nc1. The van der Waals surface area contributed by atoms with Crippen molar-refractivity contribution in [1.29, 1.82) is 0 Å². The van der Waals surface area contributed by atoms with Gasteiger partial charge in [-0.3, -0.25) is 4.98 Å². The monoisotopic (exact) mass is 466 g/mol. The second kappa shape index (κ2) is 11.0. The fourth-order valence-corrected chi connectivity index (χ4v) is 3.44. The number of aliphatic hydroxyl groups is 1. The van der Waals surface area contributed by atoms with Gasteiger partial charge in [-0.2, -0.15) is 22.3 Å². The van der Waals surface area contributed by atoms with Gasteiger partial charge in [0.05, 0.1) is 6.10 Å². The van der Waals surface area contributed by atoms with E-state index in [0.29, 0.717) is 28.8 Å². The Morgan fingerprint density at radius 3 is 2.15 bits per heavy atom. The molecule has 0 bridgehead atoms. The number of rotatable bonds is 10. The Balaban J connectivity index is 2.01. The van der Waals surface area contributed by atoms with Gasteiger partial charge >= 0.3 is 13.2 Å². The number of nitrogens with zero attached hydrogens (tertiary/aromatic N) is 2. The summed E-state index contributed by atoms with van der Waals surface area (Å²) in [5.41, 5.74) is 2.63. The van der Waals surface area contributed by atoms with Crippen molar-refractivity contribution in [3.05, 3.63) is 88.6 Å². The summed E-state index contributed by atoms with van der Waals surface area (Å²) in [6.45, 7) is -4.79. The maximum absolute atomic E-state index is 12.9. The number of benzene rings is 1. The van der Waals surface area contributed by atoms with Crippen LogP contribution in [0.3, 0.4) is 0 Å². The highest BCUT2D eigenvalue weighted by Crippen LogP contribution is 2.36. The predicted octanol–water partition coefficient (Wildman–Crippen LogP) is 4.22. The van der Waals surface area contributed by atoms with E-state index in [1.165, 1.54) is 24.5 Å². The molecule has 2 atom stereocenters. The van der Waals surface area contributed by atoms with E-state index in [2.05, 4.69) is 14.5 Å². The van der Waals surface area contributed by atoms with Crippen LogP contribution in [-0.4, -0.2) is 29.4 Å². The summed E-state index contributed by atoms with van der Waals surface area (Å²) < 4.78 is 60.5. The van der Waals surface area contributed by atoms with Crippen LogP contribution in [-0.2, 0) is 12.8 Å². The average Bonchev–Trinajstić information content (AvgIpc) is 2.74. The minimum atomic E-state index is -3.24. The summed E-state index contributed by atoms with van der Waals surface area (Å²) in [6, 6.07) is 10.6. The van der Waals surface area contributed by atoms with Gasteiger partial charge in [-0.15, -0.1) is 0 Å². The number of pyridine rings is 2. The first-order chi connectivity index (χ1) is 15.7. The molecule has 0 amide bonds. The number of halogens is 4. The number of hydrogen-bond donors (Lipinski definition) is 1. The van der Waals surface area contributed by atoms with Gasteiger partial charge in [0.2, 0.25) is 0 Å². The number of ether oxygens (including phenoxy) is 2. The van der Waals surface area contributed by atoms with Gasteiger partial charge in [0.15, 0.2) is 23.9 Å². The molecule has 0 saturated carbocycles. The second-order valence-electron chi connectivity index (χ2n) is 7.43. The van der Waals surface area contributed by atoms with Gasteiger partial charge < -0.3 is 19.8 Å². The average molecular weight is 466 g/mol. The first kappa shape index (κ1) is 24.2. The summed E-state index contributed by atoms with van der Waals surface area (Å²) in [4.78, 5) is 4.47. The van der Waals surface area contributed by atoms with E-state index in [1.807, 2.05) is 0 Å². The molecule has 176 valence electrons. The Bertz CT molecular complexity index is 1030. The lowest BCUT2D eigenvalue weighted by molar-refractivity contribution is -0.605. The highest BCUT2D eigenvalue weighted by atomic mass is 19.3. The molecule has 3 aromatic rings. The third kappa shape index (κ3) is 7.04. The van der Waals surface area contributed by atoms with Crippen molar-refractivity contribution in [1.82, 2.24) is 4.98 Å². The molecule has 0 radical (unpaired) electrons. The molecular formula is C23H22F4N2O4. The van der Waals surface area contributed by atoms with Crippen molar-refractivity contribution in [3.8, 4) is 11.5 Å². The number of hydrogen-bond acceptors (Lipinski definition) is 5. The Labute approximate surface area is 187 Å². The summed E-state index contributed by atoms with van der Waals surface area (Å²) in [7, 11) is 0. The molecule has 3 rings (SSSR count). The van der Waals surface area contributed by atoms with E-state index >= 15 is 0 Å². The van der Waals surface area contributed by atoms with Crippen LogP contribution in [0.4, 0.5) is 17.6 Å². The normalized spacial score (nSPS) is 13.2. The molecule has 1 N–H and O–H groups in total. The zero-order valence-electron chi connectivity index (χ0n) is 17.6. The maximum atomic E-state index is 12.9. The lowest BCUT2D eigenvalue weighted by Crippen LogP contribution is -2.24. The molecule has 10 heteroatoms. The van der Waals surface area contributed by atoms with Gasteiger partial charge in [-0.05, 0) is 54.7 Å². The van der Waals surface area contributed by atoms with Crippen molar-refractivity contribution in [2.75, 3.05) is 0 Å². The van der Waals surface area contributed by atoms with Crippen molar-refractivity contribution in [2.24, 2.45) is 0 Å². The first-order valence-corrected chi connectivity index (χ1v) is 10.1. The minimum Gasteiger partial charge on any atom is -0.619 e. The summed E-state index contributed by atoms with van der Waals surface area (Å²) in [6.07, 6.45) is 4.47. The van der Waals surface area contributed by atoms with Crippen molar-refractivity contribution in [2.45, 2.75) is 45.0 Å². The molecule has 0 spiro atoms. The van der Waals surface area contributed by atoms with Crippen molar-refractivity contribution < 1.29 is 36.9 Å². The largest absolute Gasteiger partial charge is 0.619 e. The van der Waals surface area contributed by atoms with Crippen LogP contribution in [0.2, 0.25) is 0 Å². The fourth-order valence-electron chi connectivity index (χ4n) is 3.44. The van der Waals surface area contributed by atoms with Crippen LogP contribution < -0.4 is 14.2 Å². The topological polar surface area (TPSA) is 78.5 Å². The van der Waals surface area contributed by atoms with E-state index in [0.717, 1.165) is 17.2 Å². The fraction of sp³-hybridized carbons (Fsp3) is 0.304. The lowest BCUT2D eigenvalue weighted by Gasteiger charge is -2.20. The van der Waals surface area contributed by atoms with Crippen LogP contribution in [0.25, 0.3) is 0 Å². The van der Waals surface area contributed by atoms with E-state index in [1.54, 1.807) is 37.4 Å². The maximum Gasteiger partial charge on any atom is 0.387 e. The highest BCUT2D eigenvalue weighted by Gasteiger charge is 2.22. The van der Waals surface area contributed by atoms with Gasteiger partial charge in [0, 0.05) is 29.9 Å². The molecule has 0 saturated heterocycles. The Morgan fingerprint density at radius 2 is 1.58 bits per heavy atom. The van der Waals surface area contributed by atoms with Gasteiger partial charge in [0.25, 0.3) is 0 Å². The quantitative estimate of drug-likeness (QED) is 0.275. The summed E-state index contributed by atoms with van der Waals surface area (Å²) in [5, 5.41) is 20.9. The zero-order chi connectivity index (χ0) is 24.0. The van der Waals surface area contributed by atoms with Crippen molar-refractivity contribution >= 4 is 0 Å². The van der Waals surface area contributed by atoms with Crippen LogP contribution in [0, 0.1) is 5.21 Å². The Hall–Kier alpha value is -3.40. The molecule has 0 fully saturated rings. The number of aromatic nitrogens is 2. The number of aliphatic hydroxyl groups excluding tert-OH is 1. The Morgan fingerprint density at radius 1 is 0.909 bits per heavy atom. The lowest BCUT2D eigenvalue weighted by atomic mass is 9.88. The molecule has 0 aliphatic heterocycles. The minimum absolute atomic E-state index is 0.340. The molecule has 2 aromatic heterocycles. The van der Waals surface area contributed by atoms with Crippen molar-refractivity contribution in [3.63, 3.8) is 0 Å². The van der Waals surface area contributed by atoms with Gasteiger partial charge in [0.1, 0.15) is 0 Å². The van der Waals surface area contributed by atoms with Crippen LogP contribution in [0.5, 0.6) is 11.5 Å². The number of alkyl halides is 4. The highest BCUT2D eigenvalue weighted by molar-refractivity contribution is 5.46. The molecule has 2 heterocycles. The molecule has 6 nitrogen and oxygen atoms in total. The van der Waals surface area contributed by atoms with E-state index in [9.17, 15) is 27.9 Å². The van der Waals surface area contributed by atoms with Gasteiger partial charge in [-0.25, -0.2) is 0 Å². The van der Waals surface area contributed by atoms with Crippen LogP contribution in [0.15, 0.2) is 61.1 Å². The van der Waals surface area contributed by atoms with Gasteiger partial charge in [-0.1, -0.05) is 12.1 Å². The first-order valence-electron chi connectivity index (χ1n) is 10.1. The van der Waals surface area contributed by atoms with Crippen LogP contribution >= 0.6 is 0 Å². The van der Waals surface area contributed by atoms with E-state index in [4.69, 9.17) is 0 Å². The molecule has 0 aliphatic carbocycles. The smallest absolute Gasteiger partial charge is 0.387 e. The molecule has 2 unspecified atom stereocenters. The third-order valence-electron chi connectivity index (χ3n) is 4.85. The van der Waals surface area contributed by atoms with Crippen LogP contribution in [0.1, 0.15) is 35.2 Å². The summed E-state index contributed by atoms with van der Waals surface area (Å²) >= 11 is 0. The second-order valence-corrected chi connectivity index (χ2v) is 7.43. The molecule has 0 aliphatic rings. The predicted molar refractivity (Wildman–Crippen MR) is 110 cm³/mol. The molecule has 33 heavy (non-hydrogen) atoms.